The number of para-hydroxylation sites is 1. The average molecular weight is 258 g/mol. The summed E-state index contributed by atoms with van der Waals surface area (Å²) in [6.07, 6.45) is 0.973. The minimum Gasteiger partial charge on any atom is -0.394 e. The number of aliphatic hydroxyl groups is 1. The fraction of sp³-hybridized carbons (Fsp3) is 0.500. The third-order valence-electron chi connectivity index (χ3n) is 3.23. The predicted molar refractivity (Wildman–Crippen MR) is 71.4 cm³/mol. The minimum atomic E-state index is -0.227. The normalized spacial score (nSPS) is 29.3. The molecule has 0 saturated carbocycles. The molecule has 4 heteroatoms. The number of nitrogens with one attached hydrogen (secondary N) is 1. The number of anilines is 1. The van der Waals surface area contributed by atoms with E-state index in [-0.39, 0.29) is 12.1 Å². The van der Waals surface area contributed by atoms with Crippen LogP contribution in [0.3, 0.4) is 0 Å². The molecule has 0 amide bonds. The van der Waals surface area contributed by atoms with Crippen LogP contribution in [0.15, 0.2) is 24.3 Å². The Balaban J connectivity index is 2.22. The minimum absolute atomic E-state index is 0.145. The molecule has 16 heavy (non-hydrogen) atoms. The lowest BCUT2D eigenvalue weighted by Crippen LogP contribution is -2.46. The Kier molecular flexibility index (Phi) is 3.67. The molecular weight excluding hydrogens is 242 g/mol. The second-order valence-electron chi connectivity index (χ2n) is 4.18. The van der Waals surface area contributed by atoms with Gasteiger partial charge >= 0.3 is 0 Å². The van der Waals surface area contributed by atoms with Gasteiger partial charge in [0.05, 0.1) is 22.9 Å². The third-order valence-corrected chi connectivity index (χ3v) is 4.95. The van der Waals surface area contributed by atoms with Gasteiger partial charge in [-0.1, -0.05) is 30.7 Å². The van der Waals surface area contributed by atoms with E-state index in [0.717, 1.165) is 17.9 Å². The Morgan fingerprint density at radius 1 is 1.56 bits per heavy atom. The Bertz CT molecular complexity index is 374. The van der Waals surface area contributed by atoms with E-state index in [0.29, 0.717) is 10.3 Å². The highest BCUT2D eigenvalue weighted by Crippen LogP contribution is 2.39. The van der Waals surface area contributed by atoms with E-state index in [1.807, 2.05) is 36.0 Å². The monoisotopic (exact) mass is 257 g/mol. The summed E-state index contributed by atoms with van der Waals surface area (Å²) in [6.45, 7) is 2.30. The van der Waals surface area contributed by atoms with Crippen molar-refractivity contribution in [3.05, 3.63) is 29.3 Å². The number of hydrogen-bond acceptors (Lipinski definition) is 3. The molecule has 1 aromatic rings. The molecule has 0 aromatic heterocycles. The lowest BCUT2D eigenvalue weighted by molar-refractivity contribution is 0.212. The fourth-order valence-electron chi connectivity index (χ4n) is 2.02. The zero-order valence-corrected chi connectivity index (χ0v) is 10.8. The van der Waals surface area contributed by atoms with E-state index in [2.05, 4.69) is 12.2 Å². The van der Waals surface area contributed by atoms with Crippen molar-refractivity contribution in [3.8, 4) is 0 Å². The maximum atomic E-state index is 9.62. The number of aliphatic hydroxyl groups excluding tert-OH is 1. The van der Waals surface area contributed by atoms with Crippen molar-refractivity contribution >= 4 is 29.1 Å². The van der Waals surface area contributed by atoms with Gasteiger partial charge in [-0.05, 0) is 24.3 Å². The van der Waals surface area contributed by atoms with Gasteiger partial charge in [0.1, 0.15) is 0 Å². The lowest BCUT2D eigenvalue weighted by Gasteiger charge is -2.33. The zero-order chi connectivity index (χ0) is 11.6. The van der Waals surface area contributed by atoms with Crippen molar-refractivity contribution in [1.82, 2.24) is 0 Å². The maximum Gasteiger partial charge on any atom is 0.0727 e. The van der Waals surface area contributed by atoms with Crippen LogP contribution < -0.4 is 5.32 Å². The van der Waals surface area contributed by atoms with E-state index in [1.165, 1.54) is 0 Å². The smallest absolute Gasteiger partial charge is 0.0727 e. The molecule has 1 fully saturated rings. The molecule has 1 aromatic carbocycles. The first kappa shape index (κ1) is 12.1. The Morgan fingerprint density at radius 3 is 2.88 bits per heavy atom. The highest BCUT2D eigenvalue weighted by Gasteiger charge is 2.40. The highest BCUT2D eigenvalue weighted by atomic mass is 35.5. The van der Waals surface area contributed by atoms with Crippen molar-refractivity contribution in [2.45, 2.75) is 24.1 Å². The van der Waals surface area contributed by atoms with E-state index in [1.54, 1.807) is 0 Å². The summed E-state index contributed by atoms with van der Waals surface area (Å²) in [4.78, 5) is 0. The zero-order valence-electron chi connectivity index (χ0n) is 9.24. The first-order chi connectivity index (χ1) is 7.68. The molecule has 0 bridgehead atoms. The van der Waals surface area contributed by atoms with E-state index in [9.17, 15) is 5.11 Å². The van der Waals surface area contributed by atoms with E-state index in [4.69, 9.17) is 11.6 Å². The van der Waals surface area contributed by atoms with Crippen LogP contribution in [-0.2, 0) is 0 Å². The molecule has 2 unspecified atom stereocenters. The van der Waals surface area contributed by atoms with Crippen LogP contribution in [0.2, 0.25) is 5.02 Å². The van der Waals surface area contributed by atoms with Gasteiger partial charge in [0.2, 0.25) is 0 Å². The van der Waals surface area contributed by atoms with E-state index < -0.39 is 0 Å². The summed E-state index contributed by atoms with van der Waals surface area (Å²) in [5.41, 5.74) is 0.683. The van der Waals surface area contributed by atoms with Gasteiger partial charge in [0, 0.05) is 5.25 Å². The molecule has 0 spiro atoms. The third kappa shape index (κ3) is 2.17. The molecule has 1 saturated heterocycles. The fourth-order valence-corrected chi connectivity index (χ4v) is 3.61. The van der Waals surface area contributed by atoms with Gasteiger partial charge in [0.25, 0.3) is 0 Å². The number of thioether (sulfide) groups is 1. The molecule has 2 atom stereocenters. The topological polar surface area (TPSA) is 32.3 Å². The molecule has 2 N–H and O–H groups in total. The Morgan fingerprint density at radius 2 is 2.31 bits per heavy atom. The molecule has 88 valence electrons. The van der Waals surface area contributed by atoms with Gasteiger partial charge < -0.3 is 10.4 Å². The molecule has 1 heterocycles. The quantitative estimate of drug-likeness (QED) is 0.873. The second kappa shape index (κ2) is 4.86. The van der Waals surface area contributed by atoms with Crippen molar-refractivity contribution in [2.24, 2.45) is 0 Å². The van der Waals surface area contributed by atoms with Crippen LogP contribution in [0, 0.1) is 0 Å². The van der Waals surface area contributed by atoms with Gasteiger partial charge in [-0.2, -0.15) is 11.8 Å². The van der Waals surface area contributed by atoms with Gasteiger partial charge in [0.15, 0.2) is 0 Å². The standard InChI is InChI=1S/C12H16ClNOS/c1-9-12(8-15,6-7-16-9)14-11-5-3-2-4-10(11)13/h2-5,9,14-15H,6-8H2,1H3. The highest BCUT2D eigenvalue weighted by molar-refractivity contribution is 8.00. The number of hydrogen-bond donors (Lipinski definition) is 2. The number of benzene rings is 1. The number of halogens is 1. The van der Waals surface area contributed by atoms with Crippen molar-refractivity contribution in [2.75, 3.05) is 17.7 Å². The number of rotatable bonds is 3. The molecule has 0 aliphatic carbocycles. The largest absolute Gasteiger partial charge is 0.394 e. The Labute approximate surface area is 105 Å². The van der Waals surface area contributed by atoms with Crippen LogP contribution >= 0.6 is 23.4 Å². The molecule has 0 radical (unpaired) electrons. The van der Waals surface area contributed by atoms with Gasteiger partial charge in [-0.3, -0.25) is 0 Å². The maximum absolute atomic E-state index is 9.62. The van der Waals surface area contributed by atoms with Crippen LogP contribution in [-0.4, -0.2) is 28.3 Å². The predicted octanol–water partition coefficient (Wildman–Crippen LogP) is 3.01. The van der Waals surface area contributed by atoms with Crippen LogP contribution in [0.5, 0.6) is 0 Å². The van der Waals surface area contributed by atoms with Crippen molar-refractivity contribution in [3.63, 3.8) is 0 Å². The lowest BCUT2D eigenvalue weighted by atomic mass is 9.93. The Hall–Kier alpha value is -0.380. The summed E-state index contributed by atoms with van der Waals surface area (Å²) in [5.74, 6) is 1.08. The summed E-state index contributed by atoms with van der Waals surface area (Å²) in [5, 5.41) is 14.1. The van der Waals surface area contributed by atoms with E-state index >= 15 is 0 Å². The molecule has 1 aliphatic rings. The average Bonchev–Trinajstić information content (AvgIpc) is 2.64. The van der Waals surface area contributed by atoms with Gasteiger partial charge in [-0.15, -0.1) is 0 Å². The van der Waals surface area contributed by atoms with Crippen LogP contribution in [0.1, 0.15) is 13.3 Å². The second-order valence-corrected chi connectivity index (χ2v) is 6.04. The van der Waals surface area contributed by atoms with Crippen molar-refractivity contribution in [1.29, 1.82) is 0 Å². The summed E-state index contributed by atoms with van der Waals surface area (Å²) >= 11 is 8.01. The van der Waals surface area contributed by atoms with Gasteiger partial charge in [-0.25, -0.2) is 0 Å². The molecule has 2 nitrogen and oxygen atoms in total. The first-order valence-electron chi connectivity index (χ1n) is 5.43. The summed E-state index contributed by atoms with van der Waals surface area (Å²) in [6, 6.07) is 7.68. The van der Waals surface area contributed by atoms with Crippen LogP contribution in [0.4, 0.5) is 5.69 Å². The first-order valence-corrected chi connectivity index (χ1v) is 6.86. The van der Waals surface area contributed by atoms with Crippen molar-refractivity contribution < 1.29 is 5.11 Å². The summed E-state index contributed by atoms with van der Waals surface area (Å²) in [7, 11) is 0. The molecule has 1 aliphatic heterocycles. The molecular formula is C12H16ClNOS. The summed E-state index contributed by atoms with van der Waals surface area (Å²) < 4.78 is 0. The molecule has 2 rings (SSSR count). The van der Waals surface area contributed by atoms with Crippen LogP contribution in [0.25, 0.3) is 0 Å². The SMILES string of the molecule is CC1SCCC1(CO)Nc1ccccc1Cl.